The fraction of sp³-hybridized carbons (Fsp3) is 0.375. The van der Waals surface area contributed by atoms with Crippen molar-refractivity contribution in [2.24, 2.45) is 17.8 Å². The van der Waals surface area contributed by atoms with Gasteiger partial charge in [-0.05, 0) is 228 Å². The van der Waals surface area contributed by atoms with Gasteiger partial charge >= 0.3 is 0 Å². The van der Waals surface area contributed by atoms with E-state index in [1.807, 2.05) is 0 Å². The molecule has 2 nitrogen and oxygen atoms in total. The van der Waals surface area contributed by atoms with Crippen molar-refractivity contribution in [1.29, 1.82) is 0 Å². The van der Waals surface area contributed by atoms with Crippen LogP contribution in [0.15, 0.2) is 72.8 Å². The van der Waals surface area contributed by atoms with Crippen molar-refractivity contribution in [3.05, 3.63) is 123 Å². The van der Waals surface area contributed by atoms with E-state index in [1.54, 1.807) is 55.5 Å². The summed E-state index contributed by atoms with van der Waals surface area (Å²) >= 11 is 0. The number of benzene rings is 5. The van der Waals surface area contributed by atoms with Gasteiger partial charge in [0.05, 0.1) is 0 Å². The van der Waals surface area contributed by atoms with Gasteiger partial charge in [-0.2, -0.15) is 0 Å². The summed E-state index contributed by atoms with van der Waals surface area (Å²) in [4.78, 5) is 5.52. The molecule has 15 rings (SSSR count). The van der Waals surface area contributed by atoms with Crippen LogP contribution in [0.4, 0.5) is 34.1 Å². The number of rotatable bonds is 3. The van der Waals surface area contributed by atoms with Crippen molar-refractivity contribution in [1.82, 2.24) is 0 Å². The Bertz CT molecular complexity index is 2270. The van der Waals surface area contributed by atoms with Gasteiger partial charge in [0.2, 0.25) is 0 Å². The van der Waals surface area contributed by atoms with Crippen LogP contribution in [0.5, 0.6) is 0 Å². The van der Waals surface area contributed by atoms with Crippen molar-refractivity contribution in [3.63, 3.8) is 0 Å². The van der Waals surface area contributed by atoms with Crippen LogP contribution in [0.3, 0.4) is 0 Å². The number of hydrogen-bond donors (Lipinski definition) is 0. The van der Waals surface area contributed by atoms with Gasteiger partial charge in [-0.15, -0.1) is 0 Å². The molecule has 5 aromatic carbocycles. The average Bonchev–Trinajstić information content (AvgIpc) is 3.07. The molecule has 4 saturated carbocycles. The van der Waals surface area contributed by atoms with Gasteiger partial charge in [-0.25, -0.2) is 0 Å². The summed E-state index contributed by atoms with van der Waals surface area (Å²) in [6, 6.07) is 31.0. The molecule has 0 N–H and O–H groups in total. The number of hydrogen-bond acceptors (Lipinski definition) is 2. The molecule has 0 unspecified atom stereocenters. The van der Waals surface area contributed by atoms with Crippen LogP contribution in [-0.2, 0) is 56.8 Å². The zero-order chi connectivity index (χ0) is 32.7. The van der Waals surface area contributed by atoms with Gasteiger partial charge in [0.15, 0.2) is 0 Å². The molecule has 0 spiro atoms. The highest BCUT2D eigenvalue weighted by molar-refractivity contribution is 7.00. The first-order valence-electron chi connectivity index (χ1n) is 20.5. The van der Waals surface area contributed by atoms with Gasteiger partial charge in [0.25, 0.3) is 6.71 Å². The lowest BCUT2D eigenvalue weighted by Crippen LogP contribution is -2.62. The Labute approximate surface area is 302 Å². The molecule has 248 valence electrons. The molecule has 0 saturated heterocycles. The van der Waals surface area contributed by atoms with E-state index >= 15 is 0 Å². The van der Waals surface area contributed by atoms with Crippen LogP contribution in [0.2, 0.25) is 0 Å². The molecule has 4 fully saturated rings. The third-order valence-corrected chi connectivity index (χ3v) is 15.9. The van der Waals surface area contributed by atoms with Crippen LogP contribution < -0.4 is 26.2 Å². The summed E-state index contributed by atoms with van der Waals surface area (Å²) in [5.74, 6) is 2.76. The van der Waals surface area contributed by atoms with Crippen LogP contribution in [-0.4, -0.2) is 6.71 Å². The fourth-order valence-corrected chi connectivity index (χ4v) is 13.4. The predicted molar refractivity (Wildman–Crippen MR) is 210 cm³/mol. The summed E-state index contributed by atoms with van der Waals surface area (Å²) < 4.78 is 0. The number of fused-ring (bicyclic) bond motifs is 8. The Balaban J connectivity index is 1.10. The van der Waals surface area contributed by atoms with E-state index in [0.29, 0.717) is 5.41 Å². The summed E-state index contributed by atoms with van der Waals surface area (Å²) in [7, 11) is 0. The quantitative estimate of drug-likeness (QED) is 0.176. The first kappa shape index (κ1) is 27.4. The van der Waals surface area contributed by atoms with E-state index in [9.17, 15) is 0 Å². The first-order chi connectivity index (χ1) is 25.1. The zero-order valence-electron chi connectivity index (χ0n) is 29.5. The number of nitrogens with zero attached hydrogens (tertiary/aromatic N) is 2. The molecule has 4 bridgehead atoms. The second-order valence-corrected chi connectivity index (χ2v) is 18.5. The van der Waals surface area contributed by atoms with Gasteiger partial charge in [0.1, 0.15) is 0 Å². The van der Waals surface area contributed by atoms with Gasteiger partial charge < -0.3 is 9.80 Å². The maximum absolute atomic E-state index is 2.77. The third kappa shape index (κ3) is 3.48. The standard InChI is InChI=1S/C48H43BN2/c1-3-32-16-39(11-9-30(1)32)50-43-20-36-7-5-34(36)18-41(43)49-42-19-35-6-8-37(35)21-44(42)51(40-12-10-31-2-4-33(31)17-40)46-23-38(22-45(50)47(46)49)48-24-27-13-28(25-48)15-29(14-27)26-48/h9-12,16-23,27-29H,1-8,13-15,24-26H2. The highest BCUT2D eigenvalue weighted by Crippen LogP contribution is 2.62. The molecular formula is C48H43BN2. The lowest BCUT2D eigenvalue weighted by Gasteiger charge is -2.57. The van der Waals surface area contributed by atoms with Crippen LogP contribution in [0.25, 0.3) is 0 Å². The molecule has 3 heteroatoms. The van der Waals surface area contributed by atoms with E-state index in [1.165, 1.54) is 135 Å². The normalized spacial score (nSPS) is 27.1. The zero-order valence-corrected chi connectivity index (χ0v) is 29.5. The van der Waals surface area contributed by atoms with Gasteiger partial charge in [-0.3, -0.25) is 0 Å². The Kier molecular flexibility index (Phi) is 4.95. The molecule has 0 aromatic heterocycles. The van der Waals surface area contributed by atoms with E-state index < -0.39 is 0 Å². The molecule has 2 heterocycles. The lowest BCUT2D eigenvalue weighted by atomic mass is 9.32. The predicted octanol–water partition coefficient (Wildman–Crippen LogP) is 8.63. The highest BCUT2D eigenvalue weighted by atomic mass is 15.2. The number of aryl methyl sites for hydroxylation is 8. The molecule has 5 aromatic rings. The molecule has 0 radical (unpaired) electrons. The molecule has 10 aliphatic rings. The van der Waals surface area contributed by atoms with Crippen molar-refractivity contribution in [2.45, 2.75) is 95.3 Å². The van der Waals surface area contributed by atoms with Gasteiger partial charge in [0, 0.05) is 34.1 Å². The largest absolute Gasteiger partial charge is 0.311 e. The topological polar surface area (TPSA) is 6.48 Å². The Morgan fingerprint density at radius 1 is 0.431 bits per heavy atom. The minimum Gasteiger partial charge on any atom is -0.311 e. The second-order valence-electron chi connectivity index (χ2n) is 18.5. The highest BCUT2D eigenvalue weighted by Gasteiger charge is 2.53. The second kappa shape index (κ2) is 9.21. The van der Waals surface area contributed by atoms with Crippen LogP contribution in [0.1, 0.15) is 88.6 Å². The van der Waals surface area contributed by atoms with E-state index in [4.69, 9.17) is 0 Å². The third-order valence-electron chi connectivity index (χ3n) is 15.9. The molecule has 0 amide bonds. The Morgan fingerprint density at radius 2 is 0.843 bits per heavy atom. The Hall–Kier alpha value is -4.24. The molecule has 2 aliphatic heterocycles. The van der Waals surface area contributed by atoms with Crippen molar-refractivity contribution < 1.29 is 0 Å². The maximum atomic E-state index is 2.77. The summed E-state index contributed by atoms with van der Waals surface area (Å²) in [5, 5.41) is 0. The number of anilines is 6. The molecule has 8 aliphatic carbocycles. The van der Waals surface area contributed by atoms with E-state index in [0.717, 1.165) is 17.8 Å². The average molecular weight is 659 g/mol. The lowest BCUT2D eigenvalue weighted by molar-refractivity contribution is -0.00514. The van der Waals surface area contributed by atoms with E-state index in [-0.39, 0.29) is 6.71 Å². The van der Waals surface area contributed by atoms with Crippen molar-refractivity contribution >= 4 is 57.2 Å². The fourth-order valence-electron chi connectivity index (χ4n) is 13.4. The molecule has 51 heavy (non-hydrogen) atoms. The van der Waals surface area contributed by atoms with Crippen LogP contribution >= 0.6 is 0 Å². The first-order valence-corrected chi connectivity index (χ1v) is 20.5. The molecule has 0 atom stereocenters. The minimum atomic E-state index is 0.257. The van der Waals surface area contributed by atoms with Crippen LogP contribution in [0, 0.1) is 17.8 Å². The monoisotopic (exact) mass is 658 g/mol. The summed E-state index contributed by atoms with van der Waals surface area (Å²) in [5.41, 5.74) is 27.7. The maximum Gasteiger partial charge on any atom is 0.252 e. The smallest absolute Gasteiger partial charge is 0.252 e. The van der Waals surface area contributed by atoms with Crippen molar-refractivity contribution in [3.8, 4) is 0 Å². The minimum absolute atomic E-state index is 0.257. The van der Waals surface area contributed by atoms with Gasteiger partial charge in [-0.1, -0.05) is 24.3 Å². The molecular weight excluding hydrogens is 615 g/mol. The van der Waals surface area contributed by atoms with Crippen molar-refractivity contribution in [2.75, 3.05) is 9.80 Å². The Morgan fingerprint density at radius 3 is 1.25 bits per heavy atom. The van der Waals surface area contributed by atoms with E-state index in [2.05, 4.69) is 82.6 Å². The summed E-state index contributed by atoms with van der Waals surface area (Å²) in [6.07, 6.45) is 18.4. The SMILES string of the molecule is c1cc2c(cc1N1c3cc4c(cc3B3c5cc6c(cc5N(c5ccc7c(c5)CC7)c5cc(C78CC9CC(CC(C9)C7)C8)cc1c53)CC6)CC4)CC2. The summed E-state index contributed by atoms with van der Waals surface area (Å²) in [6.45, 7) is 0.257.